The van der Waals surface area contributed by atoms with Gasteiger partial charge < -0.3 is 9.47 Å². The van der Waals surface area contributed by atoms with Crippen LogP contribution >= 0.6 is 0 Å². The zero-order chi connectivity index (χ0) is 14.4. The lowest BCUT2D eigenvalue weighted by atomic mass is 10.2. The van der Waals surface area contributed by atoms with E-state index in [-0.39, 0.29) is 18.4 Å². The summed E-state index contributed by atoms with van der Waals surface area (Å²) in [5.41, 5.74) is 0.892. The molecule has 1 rings (SSSR count). The van der Waals surface area contributed by atoms with Crippen LogP contribution in [0.25, 0.3) is 0 Å². The van der Waals surface area contributed by atoms with E-state index in [0.29, 0.717) is 0 Å². The predicted molar refractivity (Wildman–Crippen MR) is 70.7 cm³/mol. The van der Waals surface area contributed by atoms with Gasteiger partial charge in [0, 0.05) is 6.04 Å². The number of hydrogen-bond acceptors (Lipinski definition) is 4. The lowest BCUT2D eigenvalue weighted by Crippen LogP contribution is -2.45. The first-order chi connectivity index (χ1) is 8.93. The van der Waals surface area contributed by atoms with Crippen LogP contribution in [0.1, 0.15) is 19.4 Å². The SMILES string of the molecule is COC(=O)C(COc1cc(C)ccc1F)NC(C)C. The minimum atomic E-state index is -0.620. The number of benzene rings is 1. The highest BCUT2D eigenvalue weighted by Gasteiger charge is 2.21. The normalized spacial score (nSPS) is 12.3. The van der Waals surface area contributed by atoms with E-state index < -0.39 is 17.8 Å². The van der Waals surface area contributed by atoms with Crippen LogP contribution in [-0.4, -0.2) is 31.8 Å². The molecule has 0 radical (unpaired) electrons. The Bertz CT molecular complexity index is 435. The van der Waals surface area contributed by atoms with Gasteiger partial charge >= 0.3 is 5.97 Å². The van der Waals surface area contributed by atoms with Crippen LogP contribution in [0.15, 0.2) is 18.2 Å². The smallest absolute Gasteiger partial charge is 0.326 e. The molecule has 0 heterocycles. The van der Waals surface area contributed by atoms with Crippen molar-refractivity contribution in [1.29, 1.82) is 0 Å². The van der Waals surface area contributed by atoms with Gasteiger partial charge in [-0.2, -0.15) is 0 Å². The van der Waals surface area contributed by atoms with Gasteiger partial charge in [0.1, 0.15) is 12.6 Å². The van der Waals surface area contributed by atoms with E-state index in [9.17, 15) is 9.18 Å². The number of carbonyl (C=O) groups is 1. The van der Waals surface area contributed by atoms with Gasteiger partial charge in [0.15, 0.2) is 11.6 Å². The molecule has 0 fully saturated rings. The highest BCUT2D eigenvalue weighted by Crippen LogP contribution is 2.18. The summed E-state index contributed by atoms with van der Waals surface area (Å²) in [7, 11) is 1.31. The number of esters is 1. The Kier molecular flexibility index (Phi) is 5.76. The second-order valence-corrected chi connectivity index (χ2v) is 4.64. The third kappa shape index (κ3) is 4.87. The third-order valence-corrected chi connectivity index (χ3v) is 2.51. The van der Waals surface area contributed by atoms with Gasteiger partial charge in [-0.05, 0) is 24.6 Å². The summed E-state index contributed by atoms with van der Waals surface area (Å²) in [4.78, 5) is 11.6. The largest absolute Gasteiger partial charge is 0.488 e. The molecule has 0 aliphatic carbocycles. The van der Waals surface area contributed by atoms with Crippen molar-refractivity contribution in [2.75, 3.05) is 13.7 Å². The van der Waals surface area contributed by atoms with E-state index in [4.69, 9.17) is 4.74 Å². The highest BCUT2D eigenvalue weighted by molar-refractivity contribution is 5.75. The standard InChI is InChI=1S/C14H20FNO3/c1-9(2)16-12(14(17)18-4)8-19-13-7-10(3)5-6-11(13)15/h5-7,9,12,16H,8H2,1-4H3. The molecular formula is C14H20FNO3. The number of carbonyl (C=O) groups excluding carboxylic acids is 1. The van der Waals surface area contributed by atoms with Crippen LogP contribution in [0, 0.1) is 12.7 Å². The molecule has 106 valence electrons. The maximum Gasteiger partial charge on any atom is 0.326 e. The molecule has 19 heavy (non-hydrogen) atoms. The van der Waals surface area contributed by atoms with Crippen LogP contribution in [-0.2, 0) is 9.53 Å². The number of halogens is 1. The number of aryl methyl sites for hydroxylation is 1. The van der Waals surface area contributed by atoms with Crippen molar-refractivity contribution in [1.82, 2.24) is 5.32 Å². The van der Waals surface area contributed by atoms with E-state index in [0.717, 1.165) is 5.56 Å². The van der Waals surface area contributed by atoms with Crippen LogP contribution in [0.2, 0.25) is 0 Å². The number of methoxy groups -OCH3 is 1. The van der Waals surface area contributed by atoms with E-state index in [1.54, 1.807) is 12.1 Å². The lowest BCUT2D eigenvalue weighted by molar-refractivity contribution is -0.144. The molecular weight excluding hydrogens is 249 g/mol. The molecule has 1 aromatic rings. The average molecular weight is 269 g/mol. The molecule has 0 saturated heterocycles. The number of hydrogen-bond donors (Lipinski definition) is 1. The molecule has 1 atom stereocenters. The summed E-state index contributed by atoms with van der Waals surface area (Å²) in [6, 6.07) is 4.07. The lowest BCUT2D eigenvalue weighted by Gasteiger charge is -2.19. The van der Waals surface area contributed by atoms with Gasteiger partial charge in [-0.1, -0.05) is 19.9 Å². The number of nitrogens with one attached hydrogen (secondary N) is 1. The maximum absolute atomic E-state index is 13.5. The summed E-state index contributed by atoms with van der Waals surface area (Å²) in [5, 5.41) is 3.01. The van der Waals surface area contributed by atoms with Gasteiger partial charge in [0.2, 0.25) is 0 Å². The molecule has 0 saturated carbocycles. The fourth-order valence-electron chi connectivity index (χ4n) is 1.62. The Balaban J connectivity index is 2.70. The summed E-state index contributed by atoms with van der Waals surface area (Å²) in [6.07, 6.45) is 0. The van der Waals surface area contributed by atoms with E-state index in [1.807, 2.05) is 20.8 Å². The molecule has 0 aliphatic heterocycles. The first-order valence-electron chi connectivity index (χ1n) is 6.17. The van der Waals surface area contributed by atoms with Gasteiger partial charge in [-0.15, -0.1) is 0 Å². The monoisotopic (exact) mass is 269 g/mol. The second-order valence-electron chi connectivity index (χ2n) is 4.64. The van der Waals surface area contributed by atoms with Gasteiger partial charge in [0.05, 0.1) is 7.11 Å². The summed E-state index contributed by atoms with van der Waals surface area (Å²) in [6.45, 7) is 5.67. The molecule has 1 aromatic carbocycles. The van der Waals surface area contributed by atoms with Gasteiger partial charge in [-0.3, -0.25) is 10.1 Å². The van der Waals surface area contributed by atoms with E-state index in [2.05, 4.69) is 10.1 Å². The Labute approximate surface area is 112 Å². The first kappa shape index (κ1) is 15.4. The number of ether oxygens (including phenoxy) is 2. The zero-order valence-corrected chi connectivity index (χ0v) is 11.7. The molecule has 0 spiro atoms. The van der Waals surface area contributed by atoms with Crippen LogP contribution < -0.4 is 10.1 Å². The average Bonchev–Trinajstić information content (AvgIpc) is 2.36. The maximum atomic E-state index is 13.5. The predicted octanol–water partition coefficient (Wildman–Crippen LogP) is 2.05. The molecule has 4 nitrogen and oxygen atoms in total. The molecule has 0 bridgehead atoms. The van der Waals surface area contributed by atoms with Crippen LogP contribution in [0.5, 0.6) is 5.75 Å². The summed E-state index contributed by atoms with van der Waals surface area (Å²) >= 11 is 0. The Morgan fingerprint density at radius 1 is 1.42 bits per heavy atom. The third-order valence-electron chi connectivity index (χ3n) is 2.51. The quantitative estimate of drug-likeness (QED) is 0.803. The molecule has 0 aromatic heterocycles. The van der Waals surface area contributed by atoms with Crippen molar-refractivity contribution in [2.45, 2.75) is 32.9 Å². The van der Waals surface area contributed by atoms with Crippen molar-refractivity contribution in [3.63, 3.8) is 0 Å². The Morgan fingerprint density at radius 3 is 2.68 bits per heavy atom. The van der Waals surface area contributed by atoms with Crippen molar-refractivity contribution >= 4 is 5.97 Å². The van der Waals surface area contributed by atoms with Crippen molar-refractivity contribution in [2.24, 2.45) is 0 Å². The highest BCUT2D eigenvalue weighted by atomic mass is 19.1. The molecule has 0 aliphatic rings. The second kappa shape index (κ2) is 7.09. The fourth-order valence-corrected chi connectivity index (χ4v) is 1.62. The van der Waals surface area contributed by atoms with Crippen LogP contribution in [0.3, 0.4) is 0 Å². The summed E-state index contributed by atoms with van der Waals surface area (Å²) in [5.74, 6) is -0.736. The van der Waals surface area contributed by atoms with E-state index in [1.165, 1.54) is 13.2 Å². The topological polar surface area (TPSA) is 47.6 Å². The fraction of sp³-hybridized carbons (Fsp3) is 0.500. The van der Waals surface area contributed by atoms with Crippen molar-refractivity contribution in [3.05, 3.63) is 29.6 Å². The first-order valence-corrected chi connectivity index (χ1v) is 6.17. The van der Waals surface area contributed by atoms with Crippen molar-refractivity contribution in [3.8, 4) is 5.75 Å². The Morgan fingerprint density at radius 2 is 2.11 bits per heavy atom. The molecule has 0 amide bonds. The van der Waals surface area contributed by atoms with Gasteiger partial charge in [0.25, 0.3) is 0 Å². The Hall–Kier alpha value is -1.62. The molecule has 1 N–H and O–H groups in total. The van der Waals surface area contributed by atoms with Crippen molar-refractivity contribution < 1.29 is 18.7 Å². The summed E-state index contributed by atoms with van der Waals surface area (Å²) < 4.78 is 23.5. The minimum Gasteiger partial charge on any atom is -0.488 e. The minimum absolute atomic E-state index is 0.0191. The molecule has 5 heteroatoms. The van der Waals surface area contributed by atoms with Gasteiger partial charge in [-0.25, -0.2) is 4.39 Å². The molecule has 1 unspecified atom stereocenters. The zero-order valence-electron chi connectivity index (χ0n) is 11.7. The van der Waals surface area contributed by atoms with E-state index >= 15 is 0 Å². The number of rotatable bonds is 6. The van der Waals surface area contributed by atoms with Crippen LogP contribution in [0.4, 0.5) is 4.39 Å².